The van der Waals surface area contributed by atoms with Crippen LogP contribution in [0.5, 0.6) is 0 Å². The summed E-state index contributed by atoms with van der Waals surface area (Å²) >= 11 is 3.65. The molecule has 0 aliphatic carbocycles. The maximum absolute atomic E-state index is 12.0. The van der Waals surface area contributed by atoms with E-state index < -0.39 is 0 Å². The van der Waals surface area contributed by atoms with Gasteiger partial charge in [0.2, 0.25) is 5.91 Å². The third kappa shape index (κ3) is 3.64. The van der Waals surface area contributed by atoms with Crippen LogP contribution in [-0.2, 0) is 24.3 Å². The fourth-order valence-electron chi connectivity index (χ4n) is 4.40. The zero-order valence-corrected chi connectivity index (χ0v) is 18.9. The predicted octanol–water partition coefficient (Wildman–Crippen LogP) is 5.51. The van der Waals surface area contributed by atoms with Gasteiger partial charge in [-0.1, -0.05) is 54.2 Å². The highest BCUT2D eigenvalue weighted by Gasteiger charge is 2.35. The molecule has 1 amide bonds. The van der Waals surface area contributed by atoms with Crippen LogP contribution >= 0.6 is 23.1 Å². The highest BCUT2D eigenvalue weighted by Crippen LogP contribution is 2.55. The molecule has 0 saturated heterocycles. The highest BCUT2D eigenvalue weighted by atomic mass is 32.2. The van der Waals surface area contributed by atoms with Crippen molar-refractivity contribution < 1.29 is 4.79 Å². The first-order valence-electron chi connectivity index (χ1n) is 10.3. The summed E-state index contributed by atoms with van der Waals surface area (Å²) in [6.45, 7) is 4.55. The van der Waals surface area contributed by atoms with Crippen LogP contribution in [0.4, 0.5) is 10.7 Å². The van der Waals surface area contributed by atoms with Gasteiger partial charge in [0.25, 0.3) is 0 Å². The smallest absolute Gasteiger partial charge is 0.221 e. The number of fused-ring (bicyclic) bond motifs is 2. The zero-order valence-electron chi connectivity index (χ0n) is 17.2. The molecule has 1 atom stereocenters. The molecule has 0 bridgehead atoms. The second-order valence-corrected chi connectivity index (χ2v) is 10.2. The minimum absolute atomic E-state index is 0.000784. The van der Waals surface area contributed by atoms with E-state index in [-0.39, 0.29) is 11.3 Å². The van der Waals surface area contributed by atoms with Gasteiger partial charge in [-0.3, -0.25) is 9.69 Å². The number of para-hydroxylation sites is 1. The molecule has 3 heterocycles. The lowest BCUT2D eigenvalue weighted by molar-refractivity contribution is -0.114. The van der Waals surface area contributed by atoms with Gasteiger partial charge in [0.15, 0.2) is 0 Å². The Morgan fingerprint density at radius 2 is 1.90 bits per heavy atom. The van der Waals surface area contributed by atoms with Crippen LogP contribution in [0.1, 0.15) is 33.9 Å². The summed E-state index contributed by atoms with van der Waals surface area (Å²) in [6.07, 6.45) is 1.02. The molecule has 1 unspecified atom stereocenters. The van der Waals surface area contributed by atoms with Crippen LogP contribution in [0, 0.1) is 0 Å². The first-order valence-corrected chi connectivity index (χ1v) is 12.0. The number of carbonyl (C=O) groups excluding carboxylic acids is 1. The third-order valence-electron chi connectivity index (χ3n) is 5.80. The van der Waals surface area contributed by atoms with Crippen LogP contribution in [0.25, 0.3) is 0 Å². The average molecular weight is 436 g/mol. The Morgan fingerprint density at radius 3 is 2.67 bits per heavy atom. The second kappa shape index (κ2) is 8.10. The summed E-state index contributed by atoms with van der Waals surface area (Å²) in [5.41, 5.74) is 5.35. The van der Waals surface area contributed by atoms with E-state index in [1.807, 2.05) is 11.8 Å². The van der Waals surface area contributed by atoms with Crippen molar-refractivity contribution in [2.45, 2.75) is 36.7 Å². The van der Waals surface area contributed by atoms with E-state index in [1.54, 1.807) is 18.3 Å². The van der Waals surface area contributed by atoms with Crippen molar-refractivity contribution in [3.05, 3.63) is 76.2 Å². The van der Waals surface area contributed by atoms with E-state index in [2.05, 4.69) is 76.8 Å². The summed E-state index contributed by atoms with van der Waals surface area (Å²) in [7, 11) is 2.16. The molecule has 2 aliphatic rings. The Hall–Kier alpha value is -2.28. The standard InChI is InChI=1S/C24H25N3OS2/c1-16(28)25-23-22(24-26(2)19-10-6-7-11-20(19)30-24)18-12-13-27(15-21(18)29-23)14-17-8-4-3-5-9-17/h3-11,24H,12-15H2,1-2H3,(H,25,28). The second-order valence-electron chi connectivity index (χ2n) is 7.92. The molecule has 0 fully saturated rings. The van der Waals surface area contributed by atoms with Gasteiger partial charge < -0.3 is 10.2 Å². The molecule has 30 heavy (non-hydrogen) atoms. The minimum Gasteiger partial charge on any atom is -0.357 e. The number of thiophene rings is 1. The molecule has 4 nitrogen and oxygen atoms in total. The van der Waals surface area contributed by atoms with E-state index >= 15 is 0 Å². The van der Waals surface area contributed by atoms with Crippen molar-refractivity contribution in [2.75, 3.05) is 23.8 Å². The topological polar surface area (TPSA) is 35.6 Å². The molecule has 2 aromatic carbocycles. The molecule has 5 rings (SSSR count). The molecule has 3 aromatic rings. The zero-order chi connectivity index (χ0) is 20.7. The van der Waals surface area contributed by atoms with Gasteiger partial charge in [-0.05, 0) is 29.7 Å². The molecular formula is C24H25N3OS2. The van der Waals surface area contributed by atoms with Gasteiger partial charge >= 0.3 is 0 Å². The molecule has 1 N–H and O–H groups in total. The van der Waals surface area contributed by atoms with Gasteiger partial charge in [-0.25, -0.2) is 0 Å². The van der Waals surface area contributed by atoms with E-state index in [0.717, 1.165) is 31.1 Å². The molecule has 0 saturated carbocycles. The summed E-state index contributed by atoms with van der Waals surface area (Å²) in [5.74, 6) is -0.000784. The molecule has 6 heteroatoms. The van der Waals surface area contributed by atoms with E-state index in [4.69, 9.17) is 0 Å². The predicted molar refractivity (Wildman–Crippen MR) is 126 cm³/mol. The van der Waals surface area contributed by atoms with Gasteiger partial charge in [0, 0.05) is 48.9 Å². The molecule has 1 aromatic heterocycles. The van der Waals surface area contributed by atoms with Crippen molar-refractivity contribution in [1.29, 1.82) is 0 Å². The highest BCUT2D eigenvalue weighted by molar-refractivity contribution is 8.00. The number of hydrogen-bond acceptors (Lipinski definition) is 5. The molecule has 0 radical (unpaired) electrons. The first kappa shape index (κ1) is 19.7. The Labute approximate surface area is 185 Å². The monoisotopic (exact) mass is 435 g/mol. The summed E-state index contributed by atoms with van der Waals surface area (Å²) in [5, 5.41) is 4.36. The van der Waals surface area contributed by atoms with E-state index in [0.29, 0.717) is 0 Å². The van der Waals surface area contributed by atoms with E-state index in [9.17, 15) is 4.79 Å². The lowest BCUT2D eigenvalue weighted by atomic mass is 10.0. The Kier molecular flexibility index (Phi) is 5.31. The average Bonchev–Trinajstić information content (AvgIpc) is 3.25. The fraction of sp³-hybridized carbons (Fsp3) is 0.292. The van der Waals surface area contributed by atoms with Gasteiger partial charge in [-0.2, -0.15) is 0 Å². The number of carbonyl (C=O) groups is 1. The van der Waals surface area contributed by atoms with Crippen molar-refractivity contribution in [1.82, 2.24) is 4.90 Å². The number of nitrogens with zero attached hydrogens (tertiary/aromatic N) is 2. The number of rotatable bonds is 4. The van der Waals surface area contributed by atoms with Crippen LogP contribution in [-0.4, -0.2) is 24.4 Å². The van der Waals surface area contributed by atoms with Gasteiger partial charge in [0.05, 0.1) is 5.69 Å². The lowest BCUT2D eigenvalue weighted by Crippen LogP contribution is -2.30. The largest absolute Gasteiger partial charge is 0.357 e. The van der Waals surface area contributed by atoms with Crippen molar-refractivity contribution >= 4 is 39.7 Å². The number of thioether (sulfide) groups is 1. The maximum atomic E-state index is 12.0. The summed E-state index contributed by atoms with van der Waals surface area (Å²) in [6, 6.07) is 19.2. The summed E-state index contributed by atoms with van der Waals surface area (Å²) in [4.78, 5) is 19.5. The quantitative estimate of drug-likeness (QED) is 0.586. The number of anilines is 2. The molecule has 0 spiro atoms. The first-order chi connectivity index (χ1) is 14.6. The number of nitrogens with one attached hydrogen (secondary N) is 1. The lowest BCUT2D eigenvalue weighted by Gasteiger charge is -2.29. The molecular weight excluding hydrogens is 410 g/mol. The summed E-state index contributed by atoms with van der Waals surface area (Å²) < 4.78 is 0. The Balaban J connectivity index is 1.46. The van der Waals surface area contributed by atoms with E-state index in [1.165, 1.54) is 32.2 Å². The van der Waals surface area contributed by atoms with Crippen molar-refractivity contribution in [3.63, 3.8) is 0 Å². The maximum Gasteiger partial charge on any atom is 0.221 e. The number of hydrogen-bond donors (Lipinski definition) is 1. The van der Waals surface area contributed by atoms with Crippen LogP contribution in [0.15, 0.2) is 59.5 Å². The fourth-order valence-corrected chi connectivity index (χ4v) is 7.22. The number of benzene rings is 2. The van der Waals surface area contributed by atoms with Gasteiger partial charge in [-0.15, -0.1) is 11.3 Å². The SMILES string of the molecule is CC(=O)Nc1sc2c(c1C1Sc3ccccc3N1C)CCN(Cc1ccccc1)C2. The van der Waals surface area contributed by atoms with Crippen molar-refractivity contribution in [2.24, 2.45) is 0 Å². The minimum atomic E-state index is -0.000784. The Bertz CT molecular complexity index is 1080. The van der Waals surface area contributed by atoms with Crippen molar-refractivity contribution in [3.8, 4) is 0 Å². The molecule has 154 valence electrons. The number of amides is 1. The van der Waals surface area contributed by atoms with Crippen LogP contribution in [0.3, 0.4) is 0 Å². The normalized spacial score (nSPS) is 18.2. The van der Waals surface area contributed by atoms with Gasteiger partial charge in [0.1, 0.15) is 10.4 Å². The molecule has 2 aliphatic heterocycles. The van der Waals surface area contributed by atoms with Crippen LogP contribution < -0.4 is 10.2 Å². The Morgan fingerprint density at radius 1 is 1.13 bits per heavy atom. The third-order valence-corrected chi connectivity index (χ3v) is 8.32. The van der Waals surface area contributed by atoms with Crippen LogP contribution in [0.2, 0.25) is 0 Å².